The minimum Gasteiger partial charge on any atom is -0.455 e. The first kappa shape index (κ1) is 71.6. The van der Waals surface area contributed by atoms with Gasteiger partial charge in [-0.15, -0.1) is 0 Å². The SMILES string of the molecule is C.CB1OC(C)(C)C(C)(C)O1.CC1(C)OB(c2ccc(-n3c4ccccc4c4c5oc6ccccc6c5ccc43)c(C#N)c2)OC1(C)C.N#Cc1cc(Br)ccc1-n1c2ccccc2c2c3oc4ccccc4c3ccc21.N#Cc1cc(Br)ccc1F.[2HH].c1ccc2c(c1)Cc1ccc3c(oc4ccccc43)c1-2. The molecule has 0 unspecified atom stereocenters. The average Bonchev–Trinajstić information content (AvgIpc) is 1.57. The molecule has 0 saturated carbocycles. The molecule has 20 rings (SSSR count). The number of nitriles is 3. The minimum atomic E-state index is -0.528. The number of nitrogens with zero attached hydrogens (tertiary/aromatic N) is 5. The van der Waals surface area contributed by atoms with Gasteiger partial charge in [0, 0.05) is 59.0 Å². The number of rotatable bonds is 3. The van der Waals surface area contributed by atoms with E-state index in [0.29, 0.717) is 15.6 Å². The van der Waals surface area contributed by atoms with E-state index >= 15 is 0 Å². The van der Waals surface area contributed by atoms with Crippen LogP contribution in [0.15, 0.2) is 259 Å². The van der Waals surface area contributed by atoms with E-state index in [-0.39, 0.29) is 32.7 Å². The van der Waals surface area contributed by atoms with Gasteiger partial charge in [0.15, 0.2) is 0 Å². The third kappa shape index (κ3) is 12.4. The molecule has 7 heterocycles. The minimum absolute atomic E-state index is 0. The lowest BCUT2D eigenvalue weighted by Crippen LogP contribution is -2.41. The number of halogens is 3. The molecular formula is C90H74B2Br2FN5O7. The van der Waals surface area contributed by atoms with Crippen LogP contribution in [0.1, 0.15) is 92.1 Å². The van der Waals surface area contributed by atoms with Crippen LogP contribution in [-0.4, -0.2) is 45.8 Å². The summed E-state index contributed by atoms with van der Waals surface area (Å²) in [5.41, 5.74) is 17.5. The van der Waals surface area contributed by atoms with Crippen LogP contribution in [-0.2, 0) is 25.0 Å². The Labute approximate surface area is 637 Å². The summed E-state index contributed by atoms with van der Waals surface area (Å²) in [6.07, 6.45) is 1.01. The van der Waals surface area contributed by atoms with Crippen LogP contribution < -0.4 is 5.46 Å². The first-order valence-electron chi connectivity index (χ1n) is 35.0. The van der Waals surface area contributed by atoms with Crippen molar-refractivity contribution in [3.8, 4) is 40.7 Å². The Kier molecular flexibility index (Phi) is 18.5. The van der Waals surface area contributed by atoms with E-state index in [1.165, 1.54) is 45.2 Å². The fourth-order valence-corrected chi connectivity index (χ4v) is 15.6. The van der Waals surface area contributed by atoms with Crippen LogP contribution in [0.2, 0.25) is 6.82 Å². The topological polar surface area (TPSA) is 158 Å². The molecule has 12 nitrogen and oxygen atoms in total. The average molecular weight is 1540 g/mol. The number of para-hydroxylation sites is 5. The van der Waals surface area contributed by atoms with Gasteiger partial charge in [0.1, 0.15) is 57.5 Å². The van der Waals surface area contributed by atoms with Crippen molar-refractivity contribution >= 4 is 161 Å². The molecule has 17 heteroatoms. The summed E-state index contributed by atoms with van der Waals surface area (Å²) in [5, 5.41) is 39.5. The molecule has 2 saturated heterocycles. The molecular weight excluding hydrogens is 1460 g/mol. The van der Waals surface area contributed by atoms with Crippen molar-refractivity contribution in [2.75, 3.05) is 0 Å². The monoisotopic (exact) mass is 1540 g/mol. The summed E-state index contributed by atoms with van der Waals surface area (Å²) in [4.78, 5) is 0. The summed E-state index contributed by atoms with van der Waals surface area (Å²) >= 11 is 6.60. The Hall–Kier alpha value is -11.0. The molecule has 17 aromatic rings. The molecule has 2 aliphatic heterocycles. The predicted octanol–water partition coefficient (Wildman–Crippen LogP) is 24.4. The van der Waals surface area contributed by atoms with Gasteiger partial charge in [-0.1, -0.05) is 173 Å². The van der Waals surface area contributed by atoms with Gasteiger partial charge >= 0.3 is 14.2 Å². The Morgan fingerprint density at radius 1 is 0.402 bits per heavy atom. The van der Waals surface area contributed by atoms with Gasteiger partial charge < -0.3 is 41.0 Å². The molecule has 0 N–H and O–H groups in total. The molecule has 5 aromatic heterocycles. The Balaban J connectivity index is 0.000000122. The summed E-state index contributed by atoms with van der Waals surface area (Å²) in [5.74, 6) is -0.481. The van der Waals surface area contributed by atoms with Crippen LogP contribution >= 0.6 is 31.9 Å². The van der Waals surface area contributed by atoms with E-state index in [0.717, 1.165) is 126 Å². The molecule has 2 fully saturated rings. The summed E-state index contributed by atoms with van der Waals surface area (Å²) in [6.45, 7) is 18.3. The van der Waals surface area contributed by atoms with E-state index in [9.17, 15) is 14.9 Å². The Morgan fingerprint density at radius 2 is 0.804 bits per heavy atom. The van der Waals surface area contributed by atoms with Gasteiger partial charge in [0.25, 0.3) is 0 Å². The maximum atomic E-state index is 12.5. The number of hydrogen-bond acceptors (Lipinski definition) is 10. The lowest BCUT2D eigenvalue weighted by atomic mass is 9.78. The van der Waals surface area contributed by atoms with Crippen molar-refractivity contribution in [1.29, 1.82) is 15.8 Å². The standard InChI is InChI=1S/C31H25BN2O3.C25H13BrN2O.C19H12O.C7H15BO2.C7H3BrFN.CH4.H2/c1-30(2)31(3,4)37-32(36-30)20-13-15-24(19(17-20)18-33)34-25-11-7-5-10-23(25)28-26(34)16-14-22-21-9-6-8-12-27(21)35-29(22)28;26-16-9-11-20(15(13-16)14-27)28-21-7-3-1-6-19(21)24-22(28)12-10-18-17-5-2-4-8-23(17)29-25(18)24;1-2-6-14-12(5-1)11-13-9-10-16-15-7-3-4-8-17(15)20-19(16)18(13)14;1-6(2)7(3,4)10-8(5)9-6;8-6-1-2-7(9)5(3-6)4-10;;/h5-17H,1-4H3;1-13H;1-10H,11H2;1-5H3;1-3H;1H4;1H/i;;;;;;1+1. The highest BCUT2D eigenvalue weighted by atomic mass is 79.9. The number of furan rings is 3. The molecule has 1 aliphatic carbocycles. The van der Waals surface area contributed by atoms with Gasteiger partial charge in [-0.25, -0.2) is 4.39 Å². The molecule has 0 spiro atoms. The second-order valence-electron chi connectivity index (χ2n) is 28.8. The number of hydrogen-bond donors (Lipinski definition) is 0. The third-order valence-corrected chi connectivity index (χ3v) is 22.3. The van der Waals surface area contributed by atoms with Gasteiger partial charge in [-0.05, 0) is 194 Å². The van der Waals surface area contributed by atoms with Crippen molar-refractivity contribution in [2.45, 2.75) is 98.5 Å². The zero-order valence-electron chi connectivity index (χ0n) is 59.6. The zero-order chi connectivity index (χ0) is 73.7. The fourth-order valence-electron chi connectivity index (χ4n) is 14.9. The summed E-state index contributed by atoms with van der Waals surface area (Å²) < 4.78 is 60.9. The lowest BCUT2D eigenvalue weighted by Gasteiger charge is -2.32. The molecule has 0 bridgehead atoms. The highest BCUT2D eigenvalue weighted by molar-refractivity contribution is 9.10. The molecule has 0 atom stereocenters. The number of fused-ring (bicyclic) bond motifs is 21. The quantitative estimate of drug-likeness (QED) is 0.156. The van der Waals surface area contributed by atoms with Gasteiger partial charge in [-0.3, -0.25) is 0 Å². The van der Waals surface area contributed by atoms with Gasteiger partial charge in [-0.2, -0.15) is 15.8 Å². The first-order chi connectivity index (χ1) is 51.0. The molecule has 3 aliphatic rings. The molecule has 0 radical (unpaired) electrons. The van der Waals surface area contributed by atoms with Crippen LogP contribution in [0.4, 0.5) is 4.39 Å². The van der Waals surface area contributed by atoms with E-state index in [4.69, 9.17) is 37.1 Å². The number of aromatic nitrogens is 2. The molecule has 107 heavy (non-hydrogen) atoms. The maximum Gasteiger partial charge on any atom is 0.494 e. The van der Waals surface area contributed by atoms with Gasteiger partial charge in [0.05, 0.1) is 83.3 Å². The van der Waals surface area contributed by atoms with Crippen molar-refractivity contribution < 1.29 is 37.7 Å². The second-order valence-corrected chi connectivity index (χ2v) is 30.6. The van der Waals surface area contributed by atoms with E-state index in [1.807, 2.05) is 144 Å². The van der Waals surface area contributed by atoms with E-state index in [2.05, 4.69) is 190 Å². The molecule has 528 valence electrons. The van der Waals surface area contributed by atoms with E-state index in [1.54, 1.807) is 12.1 Å². The van der Waals surface area contributed by atoms with Crippen molar-refractivity contribution in [2.24, 2.45) is 0 Å². The molecule has 12 aromatic carbocycles. The van der Waals surface area contributed by atoms with Gasteiger partial charge in [0.2, 0.25) is 0 Å². The third-order valence-electron chi connectivity index (χ3n) is 21.3. The largest absolute Gasteiger partial charge is 0.494 e. The second kappa shape index (κ2) is 27.7. The highest BCUT2D eigenvalue weighted by Gasteiger charge is 2.52. The summed E-state index contributed by atoms with van der Waals surface area (Å²) in [7, 11) is -0.593. The van der Waals surface area contributed by atoms with Crippen LogP contribution in [0, 0.1) is 39.8 Å². The van der Waals surface area contributed by atoms with E-state index < -0.39 is 24.1 Å². The normalized spacial score (nSPS) is 14.9. The lowest BCUT2D eigenvalue weighted by molar-refractivity contribution is 0.00578. The smallest absolute Gasteiger partial charge is 0.455 e. The Bertz CT molecular complexity index is 6540. The van der Waals surface area contributed by atoms with Crippen LogP contribution in [0.3, 0.4) is 0 Å². The zero-order valence-corrected chi connectivity index (χ0v) is 62.8. The maximum absolute atomic E-state index is 12.5. The molecule has 0 amide bonds. The van der Waals surface area contributed by atoms with Crippen molar-refractivity contribution in [1.82, 2.24) is 9.13 Å². The van der Waals surface area contributed by atoms with Crippen molar-refractivity contribution in [3.05, 3.63) is 279 Å². The number of benzene rings is 12. The Morgan fingerprint density at radius 3 is 1.29 bits per heavy atom. The fraction of sp³-hybridized carbons (Fsp3) is 0.167. The van der Waals surface area contributed by atoms with Crippen LogP contribution in [0.25, 0.3) is 132 Å². The van der Waals surface area contributed by atoms with Crippen LogP contribution in [0.5, 0.6) is 0 Å². The highest BCUT2D eigenvalue weighted by Crippen LogP contribution is 2.47. The first-order valence-corrected chi connectivity index (χ1v) is 36.6. The van der Waals surface area contributed by atoms with Crippen molar-refractivity contribution in [3.63, 3.8) is 0 Å². The predicted molar refractivity (Wildman–Crippen MR) is 441 cm³/mol. The summed E-state index contributed by atoms with van der Waals surface area (Å²) in [6, 6.07) is 85.1.